The van der Waals surface area contributed by atoms with Gasteiger partial charge in [-0.25, -0.2) is 4.39 Å². The second-order valence-corrected chi connectivity index (χ2v) is 5.56. The van der Waals surface area contributed by atoms with Crippen LogP contribution in [0.1, 0.15) is 30.4 Å². The topological polar surface area (TPSA) is 27.0 Å². The molecule has 2 nitrogen and oxygen atoms in total. The van der Waals surface area contributed by atoms with Gasteiger partial charge in [0.2, 0.25) is 0 Å². The van der Waals surface area contributed by atoms with E-state index in [4.69, 9.17) is 5.26 Å². The molecule has 1 heterocycles. The maximum absolute atomic E-state index is 13.7. The van der Waals surface area contributed by atoms with Crippen molar-refractivity contribution < 1.29 is 4.39 Å². The number of nitriles is 1. The molecule has 3 heteroatoms. The van der Waals surface area contributed by atoms with Crippen LogP contribution in [0.3, 0.4) is 0 Å². The van der Waals surface area contributed by atoms with Crippen molar-refractivity contribution in [2.45, 2.75) is 25.8 Å². The van der Waals surface area contributed by atoms with E-state index in [9.17, 15) is 4.39 Å². The van der Waals surface area contributed by atoms with E-state index in [1.54, 1.807) is 6.07 Å². The minimum Gasteiger partial charge on any atom is -0.298 e. The first-order chi connectivity index (χ1) is 8.76. The molecule has 3 rings (SSSR count). The van der Waals surface area contributed by atoms with Gasteiger partial charge in [-0.15, -0.1) is 0 Å². The van der Waals surface area contributed by atoms with Gasteiger partial charge in [0.15, 0.2) is 0 Å². The lowest BCUT2D eigenvalue weighted by Crippen LogP contribution is -2.21. The molecule has 0 amide bonds. The van der Waals surface area contributed by atoms with Crippen molar-refractivity contribution in [1.29, 1.82) is 5.26 Å². The summed E-state index contributed by atoms with van der Waals surface area (Å²) in [5.41, 5.74) is 1.21. The number of hydrogen-bond donors (Lipinski definition) is 0. The Morgan fingerprint density at radius 3 is 2.67 bits per heavy atom. The fourth-order valence-corrected chi connectivity index (χ4v) is 3.47. The lowest BCUT2D eigenvalue weighted by molar-refractivity contribution is 0.299. The van der Waals surface area contributed by atoms with Crippen molar-refractivity contribution in [3.63, 3.8) is 0 Å². The standard InChI is InChI=1S/C15H17FN2/c16-15-5-4-11(7-17)6-14(15)10-18-8-12-2-1-3-13(12)9-18/h4-6,12-13H,1-3,8-10H2. The quantitative estimate of drug-likeness (QED) is 0.799. The van der Waals surface area contributed by atoms with Crippen LogP contribution in [-0.4, -0.2) is 18.0 Å². The van der Waals surface area contributed by atoms with E-state index in [1.165, 1.54) is 31.4 Å². The third-order valence-corrected chi connectivity index (χ3v) is 4.37. The third-order valence-electron chi connectivity index (χ3n) is 4.37. The molecule has 94 valence electrons. The molecule has 18 heavy (non-hydrogen) atoms. The van der Waals surface area contributed by atoms with Crippen molar-refractivity contribution in [2.24, 2.45) is 11.8 Å². The molecule has 1 aromatic rings. The fraction of sp³-hybridized carbons (Fsp3) is 0.533. The van der Waals surface area contributed by atoms with Crippen LogP contribution in [0, 0.1) is 29.0 Å². The third kappa shape index (κ3) is 2.13. The highest BCUT2D eigenvalue weighted by molar-refractivity contribution is 5.33. The second kappa shape index (κ2) is 4.70. The summed E-state index contributed by atoms with van der Waals surface area (Å²) in [5, 5.41) is 8.86. The molecule has 2 aliphatic rings. The number of fused-ring (bicyclic) bond motifs is 1. The Labute approximate surface area is 107 Å². The minimum absolute atomic E-state index is 0.189. The SMILES string of the molecule is N#Cc1ccc(F)c(CN2CC3CCCC3C2)c1. The molecular formula is C15H17FN2. The van der Waals surface area contributed by atoms with Crippen LogP contribution < -0.4 is 0 Å². The van der Waals surface area contributed by atoms with Crippen LogP contribution in [0.25, 0.3) is 0 Å². The van der Waals surface area contributed by atoms with Crippen molar-refractivity contribution >= 4 is 0 Å². The van der Waals surface area contributed by atoms with Gasteiger partial charge in [0.1, 0.15) is 5.82 Å². The smallest absolute Gasteiger partial charge is 0.127 e. The number of nitrogens with zero attached hydrogens (tertiary/aromatic N) is 2. The number of likely N-dealkylation sites (tertiary alicyclic amines) is 1. The van der Waals surface area contributed by atoms with E-state index in [0.717, 1.165) is 24.9 Å². The molecule has 2 fully saturated rings. The largest absolute Gasteiger partial charge is 0.298 e. The van der Waals surface area contributed by atoms with Gasteiger partial charge in [0.05, 0.1) is 11.6 Å². The Kier molecular flexibility index (Phi) is 3.05. The predicted octanol–water partition coefficient (Wildman–Crippen LogP) is 2.93. The monoisotopic (exact) mass is 244 g/mol. The molecular weight excluding hydrogens is 227 g/mol. The second-order valence-electron chi connectivity index (χ2n) is 5.56. The average molecular weight is 244 g/mol. The van der Waals surface area contributed by atoms with Gasteiger partial charge in [0, 0.05) is 25.2 Å². The molecule has 1 saturated heterocycles. The maximum Gasteiger partial charge on any atom is 0.127 e. The van der Waals surface area contributed by atoms with Crippen LogP contribution in [-0.2, 0) is 6.54 Å². The first kappa shape index (κ1) is 11.7. The molecule has 1 saturated carbocycles. The highest BCUT2D eigenvalue weighted by atomic mass is 19.1. The number of benzene rings is 1. The van der Waals surface area contributed by atoms with Crippen molar-refractivity contribution in [2.75, 3.05) is 13.1 Å². The number of halogens is 1. The fourth-order valence-electron chi connectivity index (χ4n) is 3.47. The van der Waals surface area contributed by atoms with Gasteiger partial charge < -0.3 is 0 Å². The summed E-state index contributed by atoms with van der Waals surface area (Å²) < 4.78 is 13.7. The van der Waals surface area contributed by atoms with E-state index in [0.29, 0.717) is 17.7 Å². The summed E-state index contributed by atoms with van der Waals surface area (Å²) >= 11 is 0. The van der Waals surface area contributed by atoms with Gasteiger partial charge in [0.25, 0.3) is 0 Å². The Morgan fingerprint density at radius 1 is 1.28 bits per heavy atom. The Hall–Kier alpha value is -1.40. The zero-order chi connectivity index (χ0) is 12.5. The highest BCUT2D eigenvalue weighted by Gasteiger charge is 2.35. The molecule has 0 radical (unpaired) electrons. The molecule has 1 aliphatic carbocycles. The lowest BCUT2D eigenvalue weighted by Gasteiger charge is -2.17. The van der Waals surface area contributed by atoms with E-state index in [1.807, 2.05) is 0 Å². The van der Waals surface area contributed by atoms with Gasteiger partial charge >= 0.3 is 0 Å². The van der Waals surface area contributed by atoms with Crippen LogP contribution in [0.4, 0.5) is 4.39 Å². The number of hydrogen-bond acceptors (Lipinski definition) is 2. The van der Waals surface area contributed by atoms with Crippen LogP contribution >= 0.6 is 0 Å². The molecule has 1 aromatic carbocycles. The van der Waals surface area contributed by atoms with Crippen molar-refractivity contribution in [3.05, 3.63) is 35.1 Å². The van der Waals surface area contributed by atoms with Crippen LogP contribution in [0.5, 0.6) is 0 Å². The van der Waals surface area contributed by atoms with Gasteiger partial charge in [-0.1, -0.05) is 6.42 Å². The highest BCUT2D eigenvalue weighted by Crippen LogP contribution is 2.38. The molecule has 0 aromatic heterocycles. The normalized spacial score (nSPS) is 27.1. The Bertz CT molecular complexity index is 480. The molecule has 0 N–H and O–H groups in total. The van der Waals surface area contributed by atoms with E-state index in [2.05, 4.69) is 11.0 Å². The van der Waals surface area contributed by atoms with E-state index >= 15 is 0 Å². The van der Waals surface area contributed by atoms with Crippen LogP contribution in [0.2, 0.25) is 0 Å². The molecule has 2 unspecified atom stereocenters. The summed E-state index contributed by atoms with van der Waals surface area (Å²) in [5.74, 6) is 1.46. The lowest BCUT2D eigenvalue weighted by atomic mass is 10.0. The van der Waals surface area contributed by atoms with E-state index in [-0.39, 0.29) is 5.82 Å². The van der Waals surface area contributed by atoms with Crippen molar-refractivity contribution in [3.8, 4) is 6.07 Å². The summed E-state index contributed by atoms with van der Waals surface area (Å²) in [6, 6.07) is 6.70. The van der Waals surface area contributed by atoms with Gasteiger partial charge in [-0.05, 0) is 42.9 Å². The molecule has 0 spiro atoms. The van der Waals surface area contributed by atoms with E-state index < -0.39 is 0 Å². The molecule has 0 bridgehead atoms. The minimum atomic E-state index is -0.189. The average Bonchev–Trinajstić information content (AvgIpc) is 2.92. The Balaban J connectivity index is 1.72. The maximum atomic E-state index is 13.7. The summed E-state index contributed by atoms with van der Waals surface area (Å²) in [6.07, 6.45) is 4.03. The van der Waals surface area contributed by atoms with Crippen LogP contribution in [0.15, 0.2) is 18.2 Å². The van der Waals surface area contributed by atoms with Crippen molar-refractivity contribution in [1.82, 2.24) is 4.90 Å². The summed E-state index contributed by atoms with van der Waals surface area (Å²) in [4.78, 5) is 2.34. The Morgan fingerprint density at radius 2 is 2.00 bits per heavy atom. The predicted molar refractivity (Wildman–Crippen MR) is 67.2 cm³/mol. The number of rotatable bonds is 2. The molecule has 2 atom stereocenters. The first-order valence-electron chi connectivity index (χ1n) is 6.67. The molecule has 1 aliphatic heterocycles. The van der Waals surface area contributed by atoms with Gasteiger partial charge in [-0.3, -0.25) is 4.90 Å². The summed E-state index contributed by atoms with van der Waals surface area (Å²) in [6.45, 7) is 2.84. The zero-order valence-electron chi connectivity index (χ0n) is 10.4. The zero-order valence-corrected chi connectivity index (χ0v) is 10.4. The summed E-state index contributed by atoms with van der Waals surface area (Å²) in [7, 11) is 0. The first-order valence-corrected chi connectivity index (χ1v) is 6.67. The van der Waals surface area contributed by atoms with Gasteiger partial charge in [-0.2, -0.15) is 5.26 Å².